The molecule has 0 amide bonds. The fourth-order valence-corrected chi connectivity index (χ4v) is 2.15. The lowest BCUT2D eigenvalue weighted by Crippen LogP contribution is -2.43. The van der Waals surface area contributed by atoms with Crippen molar-refractivity contribution in [1.82, 2.24) is 0 Å². The van der Waals surface area contributed by atoms with Crippen LogP contribution in [0.3, 0.4) is 0 Å². The van der Waals surface area contributed by atoms with Crippen molar-refractivity contribution < 1.29 is 4.74 Å². The Balaban J connectivity index is 2.35. The molecule has 0 aliphatic heterocycles. The van der Waals surface area contributed by atoms with Gasteiger partial charge in [-0.1, -0.05) is 6.07 Å². The van der Waals surface area contributed by atoms with Gasteiger partial charge in [0.15, 0.2) is 0 Å². The Labute approximate surface area is 85.1 Å². The van der Waals surface area contributed by atoms with Gasteiger partial charge in [-0.25, -0.2) is 0 Å². The molecule has 0 spiro atoms. The second-order valence-electron chi connectivity index (χ2n) is 4.19. The summed E-state index contributed by atoms with van der Waals surface area (Å²) in [6.45, 7) is 2.10. The van der Waals surface area contributed by atoms with E-state index < -0.39 is 0 Å². The lowest BCUT2D eigenvalue weighted by Gasteiger charge is -2.39. The van der Waals surface area contributed by atoms with Gasteiger partial charge in [-0.05, 0) is 49.4 Å². The average molecular weight is 191 g/mol. The highest BCUT2D eigenvalue weighted by atomic mass is 16.5. The number of ether oxygens (including phenoxy) is 1. The molecule has 0 bridgehead atoms. The maximum atomic E-state index is 6.28. The van der Waals surface area contributed by atoms with Gasteiger partial charge in [0.2, 0.25) is 0 Å². The van der Waals surface area contributed by atoms with Gasteiger partial charge in [0, 0.05) is 5.54 Å². The smallest absolute Gasteiger partial charge is 0.119 e. The number of benzene rings is 1. The molecule has 0 saturated heterocycles. The minimum atomic E-state index is -0.0592. The molecule has 1 aromatic rings. The Morgan fingerprint density at radius 1 is 1.36 bits per heavy atom. The van der Waals surface area contributed by atoms with Crippen LogP contribution in [-0.2, 0) is 5.54 Å². The quantitative estimate of drug-likeness (QED) is 0.778. The maximum absolute atomic E-state index is 6.28. The summed E-state index contributed by atoms with van der Waals surface area (Å²) >= 11 is 0. The molecule has 1 saturated carbocycles. The molecular weight excluding hydrogens is 174 g/mol. The molecule has 1 aromatic carbocycles. The van der Waals surface area contributed by atoms with E-state index in [2.05, 4.69) is 19.1 Å². The van der Waals surface area contributed by atoms with Gasteiger partial charge in [0.25, 0.3) is 0 Å². The van der Waals surface area contributed by atoms with Gasteiger partial charge in [-0.2, -0.15) is 0 Å². The maximum Gasteiger partial charge on any atom is 0.119 e. The summed E-state index contributed by atoms with van der Waals surface area (Å²) in [5, 5.41) is 0. The van der Waals surface area contributed by atoms with Crippen molar-refractivity contribution in [3.63, 3.8) is 0 Å². The van der Waals surface area contributed by atoms with E-state index in [0.29, 0.717) is 0 Å². The summed E-state index contributed by atoms with van der Waals surface area (Å²) in [6, 6.07) is 6.16. The second-order valence-corrected chi connectivity index (χ2v) is 4.19. The van der Waals surface area contributed by atoms with Crippen molar-refractivity contribution in [2.75, 3.05) is 7.11 Å². The molecule has 2 nitrogen and oxygen atoms in total. The van der Waals surface area contributed by atoms with Gasteiger partial charge in [-0.3, -0.25) is 0 Å². The SMILES string of the molecule is COc1ccc(C2(N)CCC2)c(C)c1. The molecule has 14 heavy (non-hydrogen) atoms. The second kappa shape index (κ2) is 3.28. The molecule has 0 atom stereocenters. The molecule has 1 aliphatic carbocycles. The van der Waals surface area contributed by atoms with E-state index in [9.17, 15) is 0 Å². The molecule has 2 heteroatoms. The first-order chi connectivity index (χ1) is 6.65. The van der Waals surface area contributed by atoms with Crippen LogP contribution in [0.4, 0.5) is 0 Å². The molecule has 1 aliphatic rings. The highest BCUT2D eigenvalue weighted by Gasteiger charge is 2.35. The van der Waals surface area contributed by atoms with E-state index in [1.165, 1.54) is 17.5 Å². The van der Waals surface area contributed by atoms with Gasteiger partial charge in [0.05, 0.1) is 7.11 Å². The monoisotopic (exact) mass is 191 g/mol. The fraction of sp³-hybridized carbons (Fsp3) is 0.500. The van der Waals surface area contributed by atoms with Crippen LogP contribution in [0.2, 0.25) is 0 Å². The van der Waals surface area contributed by atoms with Crippen LogP contribution in [0, 0.1) is 6.92 Å². The molecular formula is C12H17NO. The number of nitrogens with two attached hydrogens (primary N) is 1. The third-order valence-electron chi connectivity index (χ3n) is 3.22. The van der Waals surface area contributed by atoms with Crippen molar-refractivity contribution in [2.45, 2.75) is 31.7 Å². The summed E-state index contributed by atoms with van der Waals surface area (Å²) in [5.74, 6) is 0.911. The first kappa shape index (κ1) is 9.53. The number of methoxy groups -OCH3 is 1. The zero-order chi connectivity index (χ0) is 10.2. The van der Waals surface area contributed by atoms with Crippen LogP contribution >= 0.6 is 0 Å². The minimum Gasteiger partial charge on any atom is -0.497 e. The van der Waals surface area contributed by atoms with Crippen LogP contribution in [0.1, 0.15) is 30.4 Å². The Morgan fingerprint density at radius 3 is 2.50 bits per heavy atom. The Hall–Kier alpha value is -1.02. The zero-order valence-corrected chi connectivity index (χ0v) is 8.84. The summed E-state index contributed by atoms with van der Waals surface area (Å²) in [6.07, 6.45) is 3.47. The Morgan fingerprint density at radius 2 is 2.07 bits per heavy atom. The predicted octanol–water partition coefficient (Wildman–Crippen LogP) is 2.34. The first-order valence-electron chi connectivity index (χ1n) is 5.10. The van der Waals surface area contributed by atoms with E-state index in [-0.39, 0.29) is 5.54 Å². The number of hydrogen-bond donors (Lipinski definition) is 1. The van der Waals surface area contributed by atoms with Gasteiger partial charge in [-0.15, -0.1) is 0 Å². The summed E-state index contributed by atoms with van der Waals surface area (Å²) in [4.78, 5) is 0. The zero-order valence-electron chi connectivity index (χ0n) is 8.84. The van der Waals surface area contributed by atoms with Gasteiger partial charge < -0.3 is 10.5 Å². The Kier molecular flexibility index (Phi) is 2.23. The number of hydrogen-bond acceptors (Lipinski definition) is 2. The number of aryl methyl sites for hydroxylation is 1. The van der Waals surface area contributed by atoms with Crippen molar-refractivity contribution in [2.24, 2.45) is 5.73 Å². The molecule has 2 rings (SSSR count). The molecule has 1 fully saturated rings. The first-order valence-corrected chi connectivity index (χ1v) is 5.10. The van der Waals surface area contributed by atoms with Crippen molar-refractivity contribution >= 4 is 0 Å². The number of rotatable bonds is 2. The van der Waals surface area contributed by atoms with Crippen LogP contribution in [0.25, 0.3) is 0 Å². The highest BCUT2D eigenvalue weighted by Crippen LogP contribution is 2.40. The molecule has 0 radical (unpaired) electrons. The van der Waals surface area contributed by atoms with E-state index in [1.54, 1.807) is 7.11 Å². The third kappa shape index (κ3) is 1.40. The average Bonchev–Trinajstić information content (AvgIpc) is 2.14. The van der Waals surface area contributed by atoms with E-state index in [1.807, 2.05) is 6.07 Å². The highest BCUT2D eigenvalue weighted by molar-refractivity contribution is 5.39. The standard InChI is InChI=1S/C12H17NO/c1-9-8-10(14-2)4-5-11(9)12(13)6-3-7-12/h4-5,8H,3,6-7,13H2,1-2H3. The topological polar surface area (TPSA) is 35.2 Å². The van der Waals surface area contributed by atoms with Crippen LogP contribution in [0.15, 0.2) is 18.2 Å². The molecule has 0 aromatic heterocycles. The largest absolute Gasteiger partial charge is 0.497 e. The van der Waals surface area contributed by atoms with Crippen LogP contribution < -0.4 is 10.5 Å². The molecule has 76 valence electrons. The normalized spacial score (nSPS) is 18.8. The van der Waals surface area contributed by atoms with Crippen molar-refractivity contribution in [1.29, 1.82) is 0 Å². The third-order valence-corrected chi connectivity index (χ3v) is 3.22. The molecule has 0 heterocycles. The lowest BCUT2D eigenvalue weighted by atomic mass is 9.71. The minimum absolute atomic E-state index is 0.0592. The summed E-state index contributed by atoms with van der Waals surface area (Å²) in [7, 11) is 1.69. The molecule has 2 N–H and O–H groups in total. The van der Waals surface area contributed by atoms with Crippen molar-refractivity contribution in [3.05, 3.63) is 29.3 Å². The van der Waals surface area contributed by atoms with E-state index in [0.717, 1.165) is 18.6 Å². The fourth-order valence-electron chi connectivity index (χ4n) is 2.15. The summed E-state index contributed by atoms with van der Waals surface area (Å²) < 4.78 is 5.17. The predicted molar refractivity (Wildman–Crippen MR) is 57.4 cm³/mol. The van der Waals surface area contributed by atoms with E-state index >= 15 is 0 Å². The van der Waals surface area contributed by atoms with Gasteiger partial charge >= 0.3 is 0 Å². The lowest BCUT2D eigenvalue weighted by molar-refractivity contribution is 0.252. The summed E-state index contributed by atoms with van der Waals surface area (Å²) in [5.41, 5.74) is 8.74. The Bertz CT molecular complexity index is 342. The molecule has 0 unspecified atom stereocenters. The van der Waals surface area contributed by atoms with Gasteiger partial charge in [0.1, 0.15) is 5.75 Å². The van der Waals surface area contributed by atoms with Crippen LogP contribution in [0.5, 0.6) is 5.75 Å². The van der Waals surface area contributed by atoms with Crippen molar-refractivity contribution in [3.8, 4) is 5.75 Å². The van der Waals surface area contributed by atoms with E-state index in [4.69, 9.17) is 10.5 Å². The van der Waals surface area contributed by atoms with Crippen LogP contribution in [-0.4, -0.2) is 7.11 Å².